The minimum Gasteiger partial charge on any atom is -0.490 e. The van der Waals surface area contributed by atoms with E-state index in [4.69, 9.17) is 10.00 Å². The lowest BCUT2D eigenvalue weighted by atomic mass is 10.1. The molecule has 2 aromatic rings. The number of nitrogens with one attached hydrogen (secondary N) is 1. The smallest absolute Gasteiger partial charge is 0.310 e. The van der Waals surface area contributed by atoms with Crippen LogP contribution in [0, 0.1) is 11.3 Å². The van der Waals surface area contributed by atoms with E-state index in [1.54, 1.807) is 0 Å². The molecule has 1 amide bonds. The Hall–Kier alpha value is -2.84. The summed E-state index contributed by atoms with van der Waals surface area (Å²) in [6.45, 7) is 0.601. The molecular formula is C17H15F5N2O3S. The highest BCUT2D eigenvalue weighted by Crippen LogP contribution is 3.02. The number of carbonyl (C=O) groups is 1. The van der Waals surface area contributed by atoms with Crippen molar-refractivity contribution >= 4 is 21.8 Å². The summed E-state index contributed by atoms with van der Waals surface area (Å²) in [4.78, 5) is 10.0. The normalized spacial score (nSPS) is 16.1. The minimum atomic E-state index is -9.80. The van der Waals surface area contributed by atoms with Crippen LogP contribution in [0.2, 0.25) is 0 Å². The molecule has 0 heterocycles. The Labute approximate surface area is 157 Å². The van der Waals surface area contributed by atoms with Crippen molar-refractivity contribution in [3.05, 3.63) is 54.1 Å². The predicted octanol–water partition coefficient (Wildman–Crippen LogP) is 4.98. The predicted molar refractivity (Wildman–Crippen MR) is 93.7 cm³/mol. The quantitative estimate of drug-likeness (QED) is 0.643. The molecule has 0 saturated carbocycles. The third-order valence-electron chi connectivity index (χ3n) is 3.55. The molecule has 0 aliphatic heterocycles. The van der Waals surface area contributed by atoms with Crippen molar-refractivity contribution in [3.8, 4) is 11.8 Å². The summed E-state index contributed by atoms with van der Waals surface area (Å²) < 4.78 is 68.6. The number of ether oxygens (including phenoxy) is 1. The number of benzene rings is 2. The van der Waals surface area contributed by atoms with Gasteiger partial charge in [0.15, 0.2) is 5.60 Å². The second kappa shape index (κ2) is 6.35. The zero-order chi connectivity index (χ0) is 21.3. The van der Waals surface area contributed by atoms with E-state index in [1.807, 2.05) is 6.07 Å². The average Bonchev–Trinajstić information content (AvgIpc) is 2.59. The van der Waals surface area contributed by atoms with Crippen LogP contribution in [0.15, 0.2) is 53.4 Å². The van der Waals surface area contributed by atoms with Crippen LogP contribution in [0.1, 0.15) is 12.5 Å². The molecule has 0 fully saturated rings. The molecular weight excluding hydrogens is 407 g/mol. The van der Waals surface area contributed by atoms with Gasteiger partial charge in [0.1, 0.15) is 17.3 Å². The molecule has 0 aliphatic carbocycles. The van der Waals surface area contributed by atoms with Crippen molar-refractivity contribution in [1.29, 1.82) is 5.26 Å². The van der Waals surface area contributed by atoms with Gasteiger partial charge in [-0.25, -0.2) is 0 Å². The first-order chi connectivity index (χ1) is 12.6. The highest BCUT2D eigenvalue weighted by atomic mass is 32.5. The summed E-state index contributed by atoms with van der Waals surface area (Å²) in [5, 5.41) is 21.0. The van der Waals surface area contributed by atoms with E-state index in [0.29, 0.717) is 17.7 Å². The molecule has 5 nitrogen and oxygen atoms in total. The zero-order valence-electron chi connectivity index (χ0n) is 14.3. The molecule has 0 aliphatic rings. The maximum atomic E-state index is 12.7. The SMILES string of the molecule is CC(O)(COc1ccc(C#N)cc1)C(=O)Nc1ccc(S(F)(F)(F)(F)F)cc1. The van der Waals surface area contributed by atoms with Gasteiger partial charge in [-0.3, -0.25) is 4.79 Å². The summed E-state index contributed by atoms with van der Waals surface area (Å²) in [7, 11) is -9.80. The average molecular weight is 422 g/mol. The van der Waals surface area contributed by atoms with Gasteiger partial charge in [-0.1, -0.05) is 19.4 Å². The van der Waals surface area contributed by atoms with Crippen molar-refractivity contribution in [2.45, 2.75) is 17.4 Å². The van der Waals surface area contributed by atoms with Crippen LogP contribution < -0.4 is 10.1 Å². The second-order valence-corrected chi connectivity index (χ2v) is 8.56. The Kier molecular flexibility index (Phi) is 4.87. The number of carbonyl (C=O) groups excluding carboxylic acids is 1. The molecule has 0 bridgehead atoms. The lowest BCUT2D eigenvalue weighted by molar-refractivity contribution is -0.135. The third-order valence-corrected chi connectivity index (χ3v) is 4.71. The standard InChI is InChI=1S/C17H15F5N2O3S/c1-17(26,11-27-14-6-2-12(10-23)3-7-14)16(25)24-13-4-8-15(9-5-13)28(18,19,20,21)22/h2-9,26H,11H2,1H3,(H,24,25). The first-order valence-electron chi connectivity index (χ1n) is 7.62. The summed E-state index contributed by atoms with van der Waals surface area (Å²) in [6, 6.07) is 9.35. The first-order valence-corrected chi connectivity index (χ1v) is 9.57. The maximum absolute atomic E-state index is 12.7. The third kappa shape index (κ3) is 5.58. The molecule has 28 heavy (non-hydrogen) atoms. The number of aliphatic hydroxyl groups is 1. The Morgan fingerprint density at radius 2 is 1.64 bits per heavy atom. The minimum absolute atomic E-state index is 0.152. The fourth-order valence-corrected chi connectivity index (χ4v) is 2.63. The van der Waals surface area contributed by atoms with Crippen molar-refractivity contribution < 1.29 is 34.1 Å². The molecule has 0 aromatic heterocycles. The molecule has 0 spiro atoms. The van der Waals surface area contributed by atoms with Crippen LogP contribution in [0.3, 0.4) is 0 Å². The van der Waals surface area contributed by atoms with Crippen LogP contribution in [0.4, 0.5) is 25.1 Å². The molecule has 1 atom stereocenters. The number of hydrogen-bond donors (Lipinski definition) is 2. The van der Waals surface area contributed by atoms with E-state index in [-0.39, 0.29) is 23.6 Å². The van der Waals surface area contributed by atoms with Gasteiger partial charge in [-0.2, -0.15) is 5.26 Å². The number of anilines is 1. The second-order valence-electron chi connectivity index (χ2n) is 6.15. The van der Waals surface area contributed by atoms with E-state index in [0.717, 1.165) is 6.92 Å². The number of amides is 1. The first kappa shape index (κ1) is 21.5. The number of nitrogens with zero attached hydrogens (tertiary/aromatic N) is 1. The Balaban J connectivity index is 2.03. The van der Waals surface area contributed by atoms with Crippen molar-refractivity contribution in [3.63, 3.8) is 0 Å². The molecule has 2 rings (SSSR count). The van der Waals surface area contributed by atoms with E-state index in [2.05, 4.69) is 5.32 Å². The van der Waals surface area contributed by atoms with Gasteiger partial charge in [0.2, 0.25) is 0 Å². The van der Waals surface area contributed by atoms with E-state index in [9.17, 15) is 29.3 Å². The monoisotopic (exact) mass is 422 g/mol. The molecule has 2 aromatic carbocycles. The number of hydrogen-bond acceptors (Lipinski definition) is 4. The van der Waals surface area contributed by atoms with Crippen molar-refractivity contribution in [2.75, 3.05) is 11.9 Å². The van der Waals surface area contributed by atoms with Gasteiger partial charge in [0, 0.05) is 5.69 Å². The van der Waals surface area contributed by atoms with E-state index < -0.39 is 33.2 Å². The van der Waals surface area contributed by atoms with Crippen LogP contribution in [-0.4, -0.2) is 23.2 Å². The number of halogens is 5. The Morgan fingerprint density at radius 3 is 2.11 bits per heavy atom. The van der Waals surface area contributed by atoms with E-state index in [1.165, 1.54) is 24.3 Å². The summed E-state index contributed by atoms with van der Waals surface area (Å²) in [6.07, 6.45) is 0. The summed E-state index contributed by atoms with van der Waals surface area (Å²) in [5.41, 5.74) is -1.91. The van der Waals surface area contributed by atoms with Gasteiger partial charge in [-0.05, 0) is 55.5 Å². The highest BCUT2D eigenvalue weighted by Gasteiger charge is 2.65. The number of nitriles is 1. The van der Waals surface area contributed by atoms with Gasteiger partial charge in [0.05, 0.1) is 11.6 Å². The molecule has 11 heteroatoms. The molecule has 0 saturated heterocycles. The lowest BCUT2D eigenvalue weighted by Crippen LogP contribution is -2.45. The van der Waals surface area contributed by atoms with Crippen LogP contribution in [0.5, 0.6) is 5.75 Å². The fraction of sp³-hybridized carbons (Fsp3) is 0.176. The molecule has 2 N–H and O–H groups in total. The van der Waals surface area contributed by atoms with E-state index >= 15 is 0 Å². The Morgan fingerprint density at radius 1 is 1.11 bits per heavy atom. The summed E-state index contributed by atoms with van der Waals surface area (Å²) >= 11 is 0. The lowest BCUT2D eigenvalue weighted by Gasteiger charge is -2.40. The van der Waals surface area contributed by atoms with Crippen molar-refractivity contribution in [1.82, 2.24) is 0 Å². The van der Waals surface area contributed by atoms with Crippen LogP contribution in [0.25, 0.3) is 0 Å². The van der Waals surface area contributed by atoms with Crippen molar-refractivity contribution in [2.24, 2.45) is 0 Å². The van der Waals surface area contributed by atoms with Gasteiger partial charge < -0.3 is 15.2 Å². The molecule has 152 valence electrons. The van der Waals surface area contributed by atoms with Gasteiger partial charge in [-0.15, -0.1) is 0 Å². The Bertz CT molecular complexity index is 921. The van der Waals surface area contributed by atoms with Crippen LogP contribution >= 0.6 is 10.2 Å². The number of rotatable bonds is 6. The summed E-state index contributed by atoms with van der Waals surface area (Å²) in [5.74, 6) is -0.742. The highest BCUT2D eigenvalue weighted by molar-refractivity contribution is 8.45. The molecule has 0 radical (unpaired) electrons. The van der Waals surface area contributed by atoms with Crippen LogP contribution in [-0.2, 0) is 4.79 Å². The zero-order valence-corrected chi connectivity index (χ0v) is 15.2. The maximum Gasteiger partial charge on any atom is 0.310 e. The van der Waals surface area contributed by atoms with Gasteiger partial charge in [0.25, 0.3) is 5.91 Å². The topological polar surface area (TPSA) is 82.3 Å². The largest absolute Gasteiger partial charge is 0.490 e. The van der Waals surface area contributed by atoms with Gasteiger partial charge >= 0.3 is 10.2 Å². The molecule has 1 unspecified atom stereocenters. The fourth-order valence-electron chi connectivity index (χ4n) is 1.98.